The van der Waals surface area contributed by atoms with Gasteiger partial charge in [-0.25, -0.2) is 0 Å². The van der Waals surface area contributed by atoms with Gasteiger partial charge in [0.15, 0.2) is 11.5 Å². The van der Waals surface area contributed by atoms with Crippen LogP contribution in [0.15, 0.2) is 53.1 Å². The summed E-state index contributed by atoms with van der Waals surface area (Å²) in [4.78, 5) is 16.7. The van der Waals surface area contributed by atoms with Gasteiger partial charge in [-0.05, 0) is 42.0 Å². The number of carbonyl (C=O) groups excluding carboxylic acids is 1. The third-order valence-corrected chi connectivity index (χ3v) is 6.50. The van der Waals surface area contributed by atoms with Crippen LogP contribution in [0.4, 0.5) is 5.69 Å². The third kappa shape index (κ3) is 3.61. The van der Waals surface area contributed by atoms with Crippen LogP contribution in [0, 0.1) is 11.3 Å². The number of anilines is 1. The Balaban J connectivity index is 1.66. The molecule has 2 aliphatic heterocycles. The molecule has 8 heteroatoms. The summed E-state index contributed by atoms with van der Waals surface area (Å²) in [6.07, 6.45) is 0.190. The number of hydrogen-bond acceptors (Lipinski definition) is 6. The van der Waals surface area contributed by atoms with Gasteiger partial charge in [0.2, 0.25) is 5.91 Å². The van der Waals surface area contributed by atoms with E-state index in [-0.39, 0.29) is 24.0 Å². The van der Waals surface area contributed by atoms with Gasteiger partial charge in [0, 0.05) is 23.0 Å². The number of phenolic OH excluding ortho intramolecular Hbond substituents is 1. The highest BCUT2D eigenvalue weighted by Crippen LogP contribution is 2.44. The summed E-state index contributed by atoms with van der Waals surface area (Å²) in [5, 5.41) is 21.1. The topological polar surface area (TPSA) is 76.8 Å². The first-order valence-corrected chi connectivity index (χ1v) is 10.3. The molecule has 0 aromatic heterocycles. The molecule has 0 unspecified atom stereocenters. The molecule has 0 saturated carbocycles. The summed E-state index contributed by atoms with van der Waals surface area (Å²) in [6.45, 7) is 0.388. The number of thioether (sulfide) groups is 1. The van der Waals surface area contributed by atoms with Crippen LogP contribution in [-0.2, 0) is 4.79 Å². The molecular weight excluding hydrogens is 410 g/mol. The van der Waals surface area contributed by atoms with Crippen molar-refractivity contribution in [1.82, 2.24) is 4.90 Å². The lowest BCUT2D eigenvalue weighted by Gasteiger charge is -2.42. The smallest absolute Gasteiger partial charge is 0.229 e. The molecule has 1 fully saturated rings. The van der Waals surface area contributed by atoms with Crippen LogP contribution < -0.4 is 9.64 Å². The fourth-order valence-corrected chi connectivity index (χ4v) is 4.87. The summed E-state index contributed by atoms with van der Waals surface area (Å²) >= 11 is 7.45. The molecule has 0 aliphatic carbocycles. The quantitative estimate of drug-likeness (QED) is 0.788. The average molecular weight is 428 g/mol. The second-order valence-electron chi connectivity index (χ2n) is 6.77. The minimum absolute atomic E-state index is 0.0248. The molecule has 2 heterocycles. The predicted octanol–water partition coefficient (Wildman–Crippen LogP) is 4.27. The molecule has 1 saturated heterocycles. The molecule has 0 bridgehead atoms. The zero-order valence-electron chi connectivity index (χ0n) is 15.6. The van der Waals surface area contributed by atoms with Gasteiger partial charge in [0.25, 0.3) is 0 Å². The number of allylic oxidation sites excluding steroid dienone is 1. The van der Waals surface area contributed by atoms with Crippen LogP contribution in [0.5, 0.6) is 11.5 Å². The number of halogens is 1. The van der Waals surface area contributed by atoms with Crippen LogP contribution in [-0.4, -0.2) is 35.6 Å². The molecule has 0 radical (unpaired) electrons. The Morgan fingerprint density at radius 1 is 1.28 bits per heavy atom. The number of nitriles is 1. The van der Waals surface area contributed by atoms with Crippen molar-refractivity contribution in [3.05, 3.63) is 63.7 Å². The molecule has 4 rings (SSSR count). The Morgan fingerprint density at radius 3 is 2.72 bits per heavy atom. The summed E-state index contributed by atoms with van der Waals surface area (Å²) in [5.74, 6) is 0.573. The molecule has 29 heavy (non-hydrogen) atoms. The summed E-state index contributed by atoms with van der Waals surface area (Å²) in [6, 6.07) is 14.7. The SMILES string of the molecule is COc1cc([C@@H]2CC(=O)N3CN(c4ccc(Cl)cc4)CSC3=C2C#N)ccc1O. The first kappa shape index (κ1) is 19.5. The minimum Gasteiger partial charge on any atom is -0.504 e. The van der Waals surface area contributed by atoms with Crippen LogP contribution in [0.25, 0.3) is 0 Å². The number of hydrogen-bond donors (Lipinski definition) is 1. The average Bonchev–Trinajstić information content (AvgIpc) is 2.74. The number of amides is 1. The summed E-state index contributed by atoms with van der Waals surface area (Å²) in [7, 11) is 1.47. The Hall–Kier alpha value is -2.82. The van der Waals surface area contributed by atoms with Crippen molar-refractivity contribution in [2.45, 2.75) is 12.3 Å². The van der Waals surface area contributed by atoms with E-state index in [0.717, 1.165) is 11.3 Å². The van der Waals surface area contributed by atoms with Crippen LogP contribution in [0.2, 0.25) is 5.02 Å². The van der Waals surface area contributed by atoms with Gasteiger partial charge in [-0.15, -0.1) is 0 Å². The van der Waals surface area contributed by atoms with Gasteiger partial charge in [-0.3, -0.25) is 9.69 Å². The van der Waals surface area contributed by atoms with Gasteiger partial charge in [0.1, 0.15) is 0 Å². The Morgan fingerprint density at radius 2 is 2.03 bits per heavy atom. The van der Waals surface area contributed by atoms with E-state index in [1.54, 1.807) is 17.0 Å². The maximum atomic E-state index is 13.0. The van der Waals surface area contributed by atoms with E-state index in [1.807, 2.05) is 24.3 Å². The summed E-state index contributed by atoms with van der Waals surface area (Å²) < 4.78 is 5.18. The van der Waals surface area contributed by atoms with Gasteiger partial charge >= 0.3 is 0 Å². The maximum absolute atomic E-state index is 13.0. The fraction of sp³-hybridized carbons (Fsp3) is 0.238. The van der Waals surface area contributed by atoms with Gasteiger partial charge in [-0.1, -0.05) is 29.4 Å². The molecular formula is C21H18ClN3O3S. The van der Waals surface area contributed by atoms with Gasteiger partial charge in [0.05, 0.1) is 36.3 Å². The largest absolute Gasteiger partial charge is 0.504 e. The molecule has 1 amide bonds. The molecule has 6 nitrogen and oxygen atoms in total. The van der Waals surface area contributed by atoms with Crippen molar-refractivity contribution in [3.8, 4) is 17.6 Å². The Kier molecular flexibility index (Phi) is 5.31. The third-order valence-electron chi connectivity index (χ3n) is 5.09. The van der Waals surface area contributed by atoms with E-state index < -0.39 is 0 Å². The monoisotopic (exact) mass is 427 g/mol. The van der Waals surface area contributed by atoms with E-state index >= 15 is 0 Å². The van der Waals surface area contributed by atoms with E-state index in [1.165, 1.54) is 24.9 Å². The molecule has 2 aromatic carbocycles. The number of aromatic hydroxyl groups is 1. The molecule has 148 valence electrons. The van der Waals surface area contributed by atoms with Crippen LogP contribution in [0.1, 0.15) is 17.9 Å². The number of methoxy groups -OCH3 is 1. The van der Waals surface area contributed by atoms with E-state index in [2.05, 4.69) is 11.0 Å². The predicted molar refractivity (Wildman–Crippen MR) is 113 cm³/mol. The minimum atomic E-state index is -0.358. The molecule has 2 aromatic rings. The Bertz CT molecular complexity index is 1030. The number of carbonyl (C=O) groups is 1. The van der Waals surface area contributed by atoms with E-state index in [9.17, 15) is 15.2 Å². The van der Waals surface area contributed by atoms with Crippen molar-refractivity contribution in [1.29, 1.82) is 5.26 Å². The maximum Gasteiger partial charge on any atom is 0.229 e. The van der Waals surface area contributed by atoms with Crippen LogP contribution in [0.3, 0.4) is 0 Å². The highest BCUT2D eigenvalue weighted by atomic mass is 35.5. The lowest BCUT2D eigenvalue weighted by Crippen LogP contribution is -2.47. The first-order valence-electron chi connectivity index (χ1n) is 8.96. The number of rotatable bonds is 3. The lowest BCUT2D eigenvalue weighted by molar-refractivity contribution is -0.129. The summed E-state index contributed by atoms with van der Waals surface area (Å²) in [5.41, 5.74) is 2.31. The molecule has 1 atom stereocenters. The van der Waals surface area contributed by atoms with Crippen molar-refractivity contribution in [2.24, 2.45) is 0 Å². The van der Waals surface area contributed by atoms with Crippen molar-refractivity contribution >= 4 is 35.0 Å². The Labute approximate surface area is 177 Å². The highest BCUT2D eigenvalue weighted by Gasteiger charge is 2.38. The number of phenols is 1. The van der Waals surface area contributed by atoms with Crippen molar-refractivity contribution < 1.29 is 14.6 Å². The molecule has 0 spiro atoms. The standard InChI is InChI=1S/C21H18ClN3O3S/c1-28-19-8-13(2-7-18(19)26)16-9-20(27)25-11-24(12-29-21(25)17(16)10-23)15-5-3-14(22)4-6-15/h2-8,16,26H,9,11-12H2,1H3/t16-/m0/s1. The van der Waals surface area contributed by atoms with Crippen molar-refractivity contribution in [2.75, 3.05) is 24.6 Å². The van der Waals surface area contributed by atoms with Crippen molar-refractivity contribution in [3.63, 3.8) is 0 Å². The lowest BCUT2D eigenvalue weighted by atomic mass is 9.86. The van der Waals surface area contributed by atoms with Crippen LogP contribution >= 0.6 is 23.4 Å². The zero-order valence-corrected chi connectivity index (χ0v) is 17.2. The number of benzene rings is 2. The molecule has 2 aliphatic rings. The fourth-order valence-electron chi connectivity index (χ4n) is 3.57. The van der Waals surface area contributed by atoms with E-state index in [0.29, 0.717) is 33.9 Å². The second-order valence-corrected chi connectivity index (χ2v) is 8.14. The zero-order chi connectivity index (χ0) is 20.5. The first-order chi connectivity index (χ1) is 14.0. The van der Waals surface area contributed by atoms with E-state index in [4.69, 9.17) is 16.3 Å². The number of fused-ring (bicyclic) bond motifs is 1. The second kappa shape index (κ2) is 7.90. The number of ether oxygens (including phenoxy) is 1. The normalized spacial score (nSPS) is 19.1. The van der Waals surface area contributed by atoms with Gasteiger partial charge < -0.3 is 14.7 Å². The van der Waals surface area contributed by atoms with Gasteiger partial charge in [-0.2, -0.15) is 5.26 Å². The number of nitrogens with zero attached hydrogens (tertiary/aromatic N) is 3. The molecule has 1 N–H and O–H groups in total. The highest BCUT2D eigenvalue weighted by molar-refractivity contribution is 8.03.